The number of aromatic amines is 1. The number of aromatic nitrogens is 1. The van der Waals surface area contributed by atoms with E-state index in [1.54, 1.807) is 18.9 Å². The van der Waals surface area contributed by atoms with Crippen LogP contribution < -0.4 is 0 Å². The number of thioether (sulfide) groups is 1. The van der Waals surface area contributed by atoms with Crippen molar-refractivity contribution in [2.45, 2.75) is 38.5 Å². The molecule has 2 heterocycles. The van der Waals surface area contributed by atoms with Crippen LogP contribution in [0.1, 0.15) is 38.1 Å². The van der Waals surface area contributed by atoms with Crippen molar-refractivity contribution in [2.75, 3.05) is 13.7 Å². The number of methoxy groups -OCH3 is 1. The van der Waals surface area contributed by atoms with Gasteiger partial charge in [0.2, 0.25) is 0 Å². The smallest absolute Gasteiger partial charge is 0.137 e. The van der Waals surface area contributed by atoms with Crippen LogP contribution in [0.15, 0.2) is 54.3 Å². The van der Waals surface area contributed by atoms with Gasteiger partial charge in [-0.3, -0.25) is 0 Å². The zero-order chi connectivity index (χ0) is 21.1. The monoisotopic (exact) mass is 446 g/mol. The lowest BCUT2D eigenvalue weighted by Gasteiger charge is -2.38. The summed E-state index contributed by atoms with van der Waals surface area (Å²) < 4.78 is 6.22. The van der Waals surface area contributed by atoms with E-state index in [1.165, 1.54) is 10.9 Å². The molecule has 1 unspecified atom stereocenters. The molecule has 1 atom stereocenters. The Bertz CT molecular complexity index is 990. The van der Waals surface area contributed by atoms with Crippen LogP contribution in [-0.2, 0) is 11.2 Å². The van der Waals surface area contributed by atoms with Crippen molar-refractivity contribution in [3.63, 3.8) is 0 Å². The third-order valence-corrected chi connectivity index (χ3v) is 6.71. The quantitative estimate of drug-likeness (QED) is 0.310. The third kappa shape index (κ3) is 4.73. The number of ether oxygens (including phenoxy) is 1. The van der Waals surface area contributed by atoms with E-state index in [4.69, 9.17) is 28.6 Å². The second-order valence-electron chi connectivity index (χ2n) is 7.34. The fraction of sp³-hybridized carbons (Fsp3) is 0.348. The van der Waals surface area contributed by atoms with Crippen molar-refractivity contribution in [3.05, 3.63) is 70.6 Å². The predicted octanol–water partition coefficient (Wildman–Crippen LogP) is 6.81. The first-order valence-electron chi connectivity index (χ1n) is 9.67. The largest absolute Gasteiger partial charge is 0.501 e. The number of allylic oxidation sites excluding steroid dienone is 3. The number of H-pyrrole nitrogens is 1. The van der Waals surface area contributed by atoms with Crippen molar-refractivity contribution in [1.82, 2.24) is 9.88 Å². The van der Waals surface area contributed by atoms with Crippen molar-refractivity contribution in [1.29, 1.82) is 0 Å². The normalized spacial score (nSPS) is 17.6. The zero-order valence-corrected chi connectivity index (χ0v) is 19.7. The number of nitrogens with zero attached hydrogens (tertiary/aromatic N) is 1. The number of halogens is 1. The summed E-state index contributed by atoms with van der Waals surface area (Å²) in [6.07, 6.45) is 6.87. The summed E-state index contributed by atoms with van der Waals surface area (Å²) in [5, 5.41) is 2.37. The first kappa shape index (κ1) is 22.0. The van der Waals surface area contributed by atoms with E-state index in [-0.39, 0.29) is 6.04 Å². The molecule has 1 aromatic carbocycles. The Balaban J connectivity index is 2.15. The molecule has 154 valence electrons. The van der Waals surface area contributed by atoms with Gasteiger partial charge in [-0.2, -0.15) is 0 Å². The maximum absolute atomic E-state index is 6.28. The van der Waals surface area contributed by atoms with Gasteiger partial charge in [-0.25, -0.2) is 0 Å². The highest BCUT2D eigenvalue weighted by Crippen LogP contribution is 2.41. The summed E-state index contributed by atoms with van der Waals surface area (Å²) in [4.78, 5) is 5.95. The Kier molecular flexibility index (Phi) is 7.14. The van der Waals surface area contributed by atoms with Gasteiger partial charge in [-0.1, -0.05) is 68.2 Å². The topological polar surface area (TPSA) is 28.3 Å². The molecule has 0 spiro atoms. The van der Waals surface area contributed by atoms with E-state index < -0.39 is 0 Å². The first-order chi connectivity index (χ1) is 13.8. The molecule has 29 heavy (non-hydrogen) atoms. The molecule has 2 aromatic rings. The van der Waals surface area contributed by atoms with E-state index in [1.807, 2.05) is 37.3 Å². The molecule has 0 radical (unpaired) electrons. The van der Waals surface area contributed by atoms with E-state index in [0.29, 0.717) is 5.25 Å². The SMILES string of the molecule is C=C/C(=C\C=C(/C)OC)C1c2[nH]c3ccc(Cl)cc3c2CCN1C(=S)SC(C)C. The molecule has 0 fully saturated rings. The summed E-state index contributed by atoms with van der Waals surface area (Å²) in [6, 6.07) is 5.99. The van der Waals surface area contributed by atoms with Crippen molar-refractivity contribution >= 4 is 50.8 Å². The molecule has 1 N–H and O–H groups in total. The van der Waals surface area contributed by atoms with Crippen molar-refractivity contribution in [2.24, 2.45) is 0 Å². The minimum Gasteiger partial charge on any atom is -0.501 e. The van der Waals surface area contributed by atoms with Crippen molar-refractivity contribution < 1.29 is 4.74 Å². The Morgan fingerprint density at radius 2 is 2.17 bits per heavy atom. The van der Waals surface area contributed by atoms with E-state index in [2.05, 4.69) is 36.4 Å². The number of fused-ring (bicyclic) bond motifs is 3. The molecule has 3 rings (SSSR count). The standard InChI is InChI=1S/C23H27ClN2OS2/c1-6-16(8-7-15(4)27-5)22-21-18(11-12-26(22)23(28)29-14(2)3)19-13-17(24)9-10-20(19)25-21/h6-10,13-14,22,25H,1,11-12H2,2-5H3/b15-7+,16-8+. The number of benzene rings is 1. The highest BCUT2D eigenvalue weighted by Gasteiger charge is 2.33. The molecule has 6 heteroatoms. The summed E-state index contributed by atoms with van der Waals surface area (Å²) in [7, 11) is 1.67. The summed E-state index contributed by atoms with van der Waals surface area (Å²) in [5.74, 6) is 0.842. The van der Waals surface area contributed by atoms with Crippen LogP contribution in [0.25, 0.3) is 10.9 Å². The summed E-state index contributed by atoms with van der Waals surface area (Å²) in [5.41, 5.74) is 4.64. The molecular weight excluding hydrogens is 420 g/mol. The van der Waals surface area contributed by atoms with Gasteiger partial charge in [0.05, 0.1) is 18.9 Å². The molecular formula is C23H27ClN2OS2. The van der Waals surface area contributed by atoms with Crippen LogP contribution in [-0.4, -0.2) is 33.1 Å². The molecule has 1 aliphatic heterocycles. The van der Waals surface area contributed by atoms with Crippen LogP contribution in [0.4, 0.5) is 0 Å². The molecule has 0 saturated carbocycles. The number of thiocarbonyl (C=S) groups is 1. The highest BCUT2D eigenvalue weighted by atomic mass is 35.5. The van der Waals surface area contributed by atoms with Gasteiger partial charge in [-0.05, 0) is 48.8 Å². The van der Waals surface area contributed by atoms with Crippen LogP contribution in [0.5, 0.6) is 0 Å². The second-order valence-corrected chi connectivity index (χ2v) is 9.98. The maximum Gasteiger partial charge on any atom is 0.137 e. The van der Waals surface area contributed by atoms with E-state index in [9.17, 15) is 0 Å². The Morgan fingerprint density at radius 3 is 2.83 bits per heavy atom. The molecule has 3 nitrogen and oxygen atoms in total. The molecule has 0 aliphatic carbocycles. The van der Waals surface area contributed by atoms with Gasteiger partial charge < -0.3 is 14.6 Å². The number of rotatable bonds is 5. The summed E-state index contributed by atoms with van der Waals surface area (Å²) >= 11 is 13.8. The molecule has 0 amide bonds. The molecule has 0 saturated heterocycles. The minimum atomic E-state index is -0.0259. The molecule has 1 aliphatic rings. The lowest BCUT2D eigenvalue weighted by atomic mass is 9.92. The second kappa shape index (κ2) is 9.41. The van der Waals surface area contributed by atoms with Crippen LogP contribution in [0.2, 0.25) is 5.02 Å². The lowest BCUT2D eigenvalue weighted by molar-refractivity contribution is 0.293. The first-order valence-corrected chi connectivity index (χ1v) is 11.3. The Labute approximate surface area is 187 Å². The average molecular weight is 447 g/mol. The molecule has 0 bridgehead atoms. The van der Waals surface area contributed by atoms with Gasteiger partial charge >= 0.3 is 0 Å². The van der Waals surface area contributed by atoms with Gasteiger partial charge in [0.25, 0.3) is 0 Å². The zero-order valence-electron chi connectivity index (χ0n) is 17.3. The van der Waals surface area contributed by atoms with Crippen LogP contribution >= 0.6 is 35.6 Å². The fourth-order valence-electron chi connectivity index (χ4n) is 3.63. The average Bonchev–Trinajstić information content (AvgIpc) is 3.05. The maximum atomic E-state index is 6.28. The van der Waals surface area contributed by atoms with Gasteiger partial charge in [0, 0.05) is 33.4 Å². The fourth-order valence-corrected chi connectivity index (χ4v) is 5.31. The van der Waals surface area contributed by atoms with Gasteiger partial charge in [-0.15, -0.1) is 0 Å². The van der Waals surface area contributed by atoms with Gasteiger partial charge in [0.1, 0.15) is 4.32 Å². The predicted molar refractivity (Wildman–Crippen MR) is 131 cm³/mol. The highest BCUT2D eigenvalue weighted by molar-refractivity contribution is 8.23. The number of nitrogens with one attached hydrogen (secondary N) is 1. The van der Waals surface area contributed by atoms with Crippen LogP contribution in [0, 0.1) is 0 Å². The Hall–Kier alpha value is -1.69. The van der Waals surface area contributed by atoms with Gasteiger partial charge in [0.15, 0.2) is 0 Å². The van der Waals surface area contributed by atoms with Crippen LogP contribution in [0.3, 0.4) is 0 Å². The number of hydrogen-bond donors (Lipinski definition) is 1. The Morgan fingerprint density at radius 1 is 1.41 bits per heavy atom. The number of hydrogen-bond acceptors (Lipinski definition) is 3. The lowest BCUT2D eigenvalue weighted by Crippen LogP contribution is -2.39. The van der Waals surface area contributed by atoms with E-state index >= 15 is 0 Å². The third-order valence-electron chi connectivity index (χ3n) is 5.04. The molecule has 1 aromatic heterocycles. The van der Waals surface area contributed by atoms with Crippen molar-refractivity contribution in [3.8, 4) is 0 Å². The minimum absolute atomic E-state index is 0.0259. The van der Waals surface area contributed by atoms with E-state index in [0.717, 1.165) is 44.9 Å². The summed E-state index contributed by atoms with van der Waals surface area (Å²) in [6.45, 7) is 11.2.